The lowest BCUT2D eigenvalue weighted by molar-refractivity contribution is 0.0744. The number of thiophene rings is 1. The maximum Gasteiger partial charge on any atom is 0.270 e. The molecule has 206 valence electrons. The van der Waals surface area contributed by atoms with Gasteiger partial charge in [-0.15, -0.1) is 11.3 Å². The van der Waals surface area contributed by atoms with Gasteiger partial charge in [-0.3, -0.25) is 4.79 Å². The molecule has 14 heteroatoms. The fourth-order valence-electron chi connectivity index (χ4n) is 3.96. The summed E-state index contributed by atoms with van der Waals surface area (Å²) in [6.07, 6.45) is 1.97. The van der Waals surface area contributed by atoms with Crippen LogP contribution in [0.4, 0.5) is 5.88 Å². The molecule has 0 radical (unpaired) electrons. The van der Waals surface area contributed by atoms with Crippen molar-refractivity contribution in [3.05, 3.63) is 57.7 Å². The summed E-state index contributed by atoms with van der Waals surface area (Å²) in [6, 6.07) is 8.66. The van der Waals surface area contributed by atoms with Crippen LogP contribution >= 0.6 is 22.9 Å². The average molecular weight is 594 g/mol. The van der Waals surface area contributed by atoms with Gasteiger partial charge in [0.2, 0.25) is 6.79 Å². The van der Waals surface area contributed by atoms with Crippen LogP contribution in [-0.4, -0.2) is 58.2 Å². The minimum atomic E-state index is -4.44. The molecule has 0 aliphatic carbocycles. The van der Waals surface area contributed by atoms with Crippen molar-refractivity contribution in [2.45, 2.75) is 24.7 Å². The summed E-state index contributed by atoms with van der Waals surface area (Å²) in [6.45, 7) is 1.64. The minimum absolute atomic E-state index is 0.0160. The van der Waals surface area contributed by atoms with Gasteiger partial charge in [-0.25, -0.2) is 17.7 Å². The van der Waals surface area contributed by atoms with Crippen molar-refractivity contribution in [2.75, 3.05) is 38.2 Å². The summed E-state index contributed by atoms with van der Waals surface area (Å²) in [7, 11) is -2.94. The van der Waals surface area contributed by atoms with Gasteiger partial charge in [0.05, 0.1) is 18.1 Å². The largest absolute Gasteiger partial charge is 0.454 e. The quantitative estimate of drug-likeness (QED) is 0.130. The van der Waals surface area contributed by atoms with Gasteiger partial charge in [0.15, 0.2) is 17.3 Å². The van der Waals surface area contributed by atoms with Crippen molar-refractivity contribution >= 4 is 54.8 Å². The molecule has 39 heavy (non-hydrogen) atoms. The van der Waals surface area contributed by atoms with E-state index in [0.29, 0.717) is 33.8 Å². The number of anilines is 1. The Bertz CT molecular complexity index is 1620. The first-order chi connectivity index (χ1) is 18.8. The molecule has 0 amide bonds. The van der Waals surface area contributed by atoms with Gasteiger partial charge in [0, 0.05) is 25.1 Å². The van der Waals surface area contributed by atoms with E-state index in [9.17, 15) is 13.2 Å². The Balaban J connectivity index is 1.51. The van der Waals surface area contributed by atoms with Gasteiger partial charge in [-0.05, 0) is 43.2 Å². The Kier molecular flexibility index (Phi) is 8.05. The minimum Gasteiger partial charge on any atom is -0.454 e. The Morgan fingerprint density at radius 1 is 1.21 bits per heavy atom. The number of hydrogen-bond acceptors (Lipinski definition) is 11. The number of aryl methyl sites for hydroxylation is 2. The molecule has 1 aliphatic heterocycles. The summed E-state index contributed by atoms with van der Waals surface area (Å²) in [5.74, 6) is 0.684. The molecule has 0 spiro atoms. The fourth-order valence-corrected chi connectivity index (χ4v) is 7.26. The summed E-state index contributed by atoms with van der Waals surface area (Å²) in [4.78, 5) is 18.1. The molecule has 4 aromatic rings. The van der Waals surface area contributed by atoms with E-state index in [4.69, 9.17) is 35.1 Å². The summed E-state index contributed by atoms with van der Waals surface area (Å²) >= 11 is 7.37. The Labute approximate surface area is 233 Å². The number of carbonyl (C=O) groups is 1. The first-order valence-electron chi connectivity index (χ1n) is 11.8. The number of hydrogen-bond donors (Lipinski definition) is 0. The average Bonchev–Trinajstić information content (AvgIpc) is 3.64. The predicted octanol–water partition coefficient (Wildman–Crippen LogP) is 4.61. The third-order valence-electron chi connectivity index (χ3n) is 5.94. The van der Waals surface area contributed by atoms with Crippen molar-refractivity contribution in [2.24, 2.45) is 0 Å². The first kappa shape index (κ1) is 27.3. The van der Waals surface area contributed by atoms with Crippen LogP contribution in [0.1, 0.15) is 27.3 Å². The fraction of sp³-hybridized carbons (Fsp3) is 0.320. The topological polar surface area (TPSA) is 130 Å². The molecule has 0 fully saturated rings. The molecule has 1 aromatic carbocycles. The van der Waals surface area contributed by atoms with Crippen LogP contribution in [0, 0.1) is 6.92 Å². The van der Waals surface area contributed by atoms with E-state index in [2.05, 4.69) is 10.1 Å². The first-order valence-corrected chi connectivity index (χ1v) is 14.4. The molecule has 5 rings (SSSR count). The number of pyridine rings is 1. The molecule has 3 aromatic heterocycles. The molecule has 0 N–H and O–H groups in total. The number of carbonyl (C=O) groups excluding carboxylic acids is 1. The number of halogens is 1. The van der Waals surface area contributed by atoms with Crippen LogP contribution < -0.4 is 13.8 Å². The van der Waals surface area contributed by atoms with Crippen molar-refractivity contribution in [1.82, 2.24) is 10.1 Å². The smallest absolute Gasteiger partial charge is 0.270 e. The number of rotatable bonds is 12. The summed E-state index contributed by atoms with van der Waals surface area (Å²) in [5.41, 5.74) is 1.16. The molecule has 0 saturated carbocycles. The van der Waals surface area contributed by atoms with Gasteiger partial charge in [0.25, 0.3) is 15.9 Å². The van der Waals surface area contributed by atoms with Crippen LogP contribution in [0.5, 0.6) is 11.5 Å². The number of nitrogens with zero attached hydrogens (tertiary/aromatic N) is 3. The summed E-state index contributed by atoms with van der Waals surface area (Å²) in [5, 5.41) is 4.12. The number of benzene rings is 1. The standard InChI is InChI=1S/C25H24ClN3O8S2/c1-15-21(26)25(37-28-15)29(13-34-11-10-33-2)39(31,32)23-17-4-3-9-27-24(17)38-22(23)18(30)7-5-16-6-8-19-20(12-16)36-14-35-19/h3-4,6,8-9,12H,5,7,10-11,13-14H2,1-2H3. The zero-order chi connectivity index (χ0) is 27.6. The number of sulfonamides is 1. The maximum atomic E-state index is 14.2. The molecule has 1 aliphatic rings. The van der Waals surface area contributed by atoms with E-state index in [1.165, 1.54) is 7.11 Å². The number of Topliss-reactive ketones (excluding diaryl/α,β-unsaturated/α-hetero) is 1. The third-order valence-corrected chi connectivity index (χ3v) is 9.45. The highest BCUT2D eigenvalue weighted by molar-refractivity contribution is 7.93. The highest BCUT2D eigenvalue weighted by Crippen LogP contribution is 2.40. The molecular weight excluding hydrogens is 570 g/mol. The number of ether oxygens (including phenoxy) is 4. The van der Waals surface area contributed by atoms with E-state index in [1.807, 2.05) is 12.1 Å². The number of fused-ring (bicyclic) bond motifs is 2. The lowest BCUT2D eigenvalue weighted by Gasteiger charge is -2.22. The number of methoxy groups -OCH3 is 1. The van der Waals surface area contributed by atoms with Gasteiger partial charge in [0.1, 0.15) is 27.2 Å². The predicted molar refractivity (Wildman–Crippen MR) is 143 cm³/mol. The van der Waals surface area contributed by atoms with Crippen molar-refractivity contribution < 1.29 is 36.7 Å². The van der Waals surface area contributed by atoms with Crippen LogP contribution in [0.25, 0.3) is 10.2 Å². The second-order valence-electron chi connectivity index (χ2n) is 8.50. The van der Waals surface area contributed by atoms with Crippen LogP contribution in [0.15, 0.2) is 45.9 Å². The molecule has 0 unspecified atom stereocenters. The van der Waals surface area contributed by atoms with Gasteiger partial charge < -0.3 is 23.5 Å². The monoisotopic (exact) mass is 593 g/mol. The third kappa shape index (κ3) is 5.45. The Morgan fingerprint density at radius 3 is 2.79 bits per heavy atom. The number of ketones is 1. The van der Waals surface area contributed by atoms with E-state index in [0.717, 1.165) is 21.2 Å². The summed E-state index contributed by atoms with van der Waals surface area (Å²) < 4.78 is 55.9. The second-order valence-corrected chi connectivity index (χ2v) is 11.7. The van der Waals surface area contributed by atoms with Crippen LogP contribution in [-0.2, 0) is 25.9 Å². The zero-order valence-electron chi connectivity index (χ0n) is 21.0. The lowest BCUT2D eigenvalue weighted by Crippen LogP contribution is -2.34. The SMILES string of the molecule is COCCOCN(c1onc(C)c1Cl)S(=O)(=O)c1c(C(=O)CCc2ccc3c(c2)OCO3)sc2ncccc12. The molecule has 0 bridgehead atoms. The van der Waals surface area contributed by atoms with Crippen LogP contribution in [0.2, 0.25) is 5.02 Å². The Hall–Kier alpha value is -3.23. The van der Waals surface area contributed by atoms with E-state index >= 15 is 0 Å². The van der Waals surface area contributed by atoms with Crippen molar-refractivity contribution in [3.8, 4) is 11.5 Å². The molecule has 11 nitrogen and oxygen atoms in total. The van der Waals surface area contributed by atoms with Gasteiger partial charge in [-0.2, -0.15) is 0 Å². The van der Waals surface area contributed by atoms with Crippen molar-refractivity contribution in [3.63, 3.8) is 0 Å². The zero-order valence-corrected chi connectivity index (χ0v) is 23.4. The van der Waals surface area contributed by atoms with Crippen LogP contribution in [0.3, 0.4) is 0 Å². The molecule has 0 saturated heterocycles. The number of aromatic nitrogens is 2. The second kappa shape index (κ2) is 11.5. The van der Waals surface area contributed by atoms with E-state index < -0.39 is 16.8 Å². The highest BCUT2D eigenvalue weighted by Gasteiger charge is 2.37. The van der Waals surface area contributed by atoms with Gasteiger partial charge >= 0.3 is 0 Å². The lowest BCUT2D eigenvalue weighted by atomic mass is 10.1. The highest BCUT2D eigenvalue weighted by atomic mass is 35.5. The molecule has 4 heterocycles. The molecular formula is C25H24ClN3O8S2. The van der Waals surface area contributed by atoms with E-state index in [1.54, 1.807) is 31.3 Å². The maximum absolute atomic E-state index is 14.2. The normalized spacial score (nSPS) is 12.8. The van der Waals surface area contributed by atoms with Crippen molar-refractivity contribution in [1.29, 1.82) is 0 Å². The molecule has 0 atom stereocenters. The Morgan fingerprint density at radius 2 is 2.03 bits per heavy atom. The van der Waals surface area contributed by atoms with Gasteiger partial charge in [-0.1, -0.05) is 22.8 Å². The van der Waals surface area contributed by atoms with E-state index in [-0.39, 0.29) is 52.9 Å².